The van der Waals surface area contributed by atoms with Crippen LogP contribution in [-0.4, -0.2) is 49.0 Å². The molecule has 0 aromatic carbocycles. The van der Waals surface area contributed by atoms with Crippen molar-refractivity contribution in [1.29, 1.82) is 0 Å². The summed E-state index contributed by atoms with van der Waals surface area (Å²) in [6, 6.07) is 0. The van der Waals surface area contributed by atoms with E-state index in [9.17, 15) is 0 Å². The first-order valence-corrected chi connectivity index (χ1v) is 5.83. The fourth-order valence-corrected chi connectivity index (χ4v) is 2.57. The lowest BCUT2D eigenvalue weighted by atomic mass is 10.1. The van der Waals surface area contributed by atoms with Gasteiger partial charge in [0.15, 0.2) is 0 Å². The van der Waals surface area contributed by atoms with Gasteiger partial charge in [0.25, 0.3) is 0 Å². The van der Waals surface area contributed by atoms with Crippen molar-refractivity contribution in [2.75, 3.05) is 32.8 Å². The van der Waals surface area contributed by atoms with Crippen molar-refractivity contribution in [2.24, 2.45) is 5.92 Å². The van der Waals surface area contributed by atoms with Gasteiger partial charge in [-0.1, -0.05) is 0 Å². The SMILES string of the molecule is OCCC1CCN(CC2CCCO2)C1. The number of ether oxygens (including phenoxy) is 1. The highest BCUT2D eigenvalue weighted by Gasteiger charge is 2.25. The normalized spacial score (nSPS) is 34.1. The van der Waals surface area contributed by atoms with E-state index >= 15 is 0 Å². The Labute approximate surface area is 86.0 Å². The van der Waals surface area contributed by atoms with E-state index in [1.807, 2.05) is 0 Å². The predicted molar refractivity (Wildman–Crippen MR) is 55.2 cm³/mol. The standard InChI is InChI=1S/C11H21NO2/c13-6-4-10-3-5-12(8-10)9-11-2-1-7-14-11/h10-11,13H,1-9H2. The molecule has 0 aliphatic carbocycles. The van der Waals surface area contributed by atoms with Gasteiger partial charge in [0.1, 0.15) is 0 Å². The average molecular weight is 199 g/mol. The first-order chi connectivity index (χ1) is 6.88. The van der Waals surface area contributed by atoms with Crippen molar-refractivity contribution in [3.63, 3.8) is 0 Å². The third-order valence-corrected chi connectivity index (χ3v) is 3.39. The minimum Gasteiger partial charge on any atom is -0.396 e. The molecule has 0 spiro atoms. The van der Waals surface area contributed by atoms with Crippen molar-refractivity contribution in [2.45, 2.75) is 31.8 Å². The smallest absolute Gasteiger partial charge is 0.0702 e. The van der Waals surface area contributed by atoms with Crippen molar-refractivity contribution in [3.8, 4) is 0 Å². The average Bonchev–Trinajstić information content (AvgIpc) is 2.79. The van der Waals surface area contributed by atoms with Crippen LogP contribution >= 0.6 is 0 Å². The lowest BCUT2D eigenvalue weighted by Crippen LogP contribution is -2.30. The summed E-state index contributed by atoms with van der Waals surface area (Å²) in [4.78, 5) is 2.50. The number of likely N-dealkylation sites (tertiary alicyclic amines) is 1. The van der Waals surface area contributed by atoms with Gasteiger partial charge in [-0.3, -0.25) is 0 Å². The second kappa shape index (κ2) is 5.10. The summed E-state index contributed by atoms with van der Waals surface area (Å²) < 4.78 is 5.62. The minimum absolute atomic E-state index is 0.346. The molecule has 2 saturated heterocycles. The molecule has 3 heteroatoms. The zero-order valence-corrected chi connectivity index (χ0v) is 8.82. The zero-order chi connectivity index (χ0) is 9.80. The molecule has 2 atom stereocenters. The van der Waals surface area contributed by atoms with Gasteiger partial charge in [0.05, 0.1) is 6.10 Å². The highest BCUT2D eigenvalue weighted by atomic mass is 16.5. The monoisotopic (exact) mass is 199 g/mol. The van der Waals surface area contributed by atoms with Crippen LogP contribution in [0.1, 0.15) is 25.7 Å². The summed E-state index contributed by atoms with van der Waals surface area (Å²) in [6.07, 6.45) is 5.19. The zero-order valence-electron chi connectivity index (χ0n) is 8.82. The van der Waals surface area contributed by atoms with E-state index in [0.29, 0.717) is 12.7 Å². The van der Waals surface area contributed by atoms with Crippen LogP contribution in [0.4, 0.5) is 0 Å². The number of hydrogen-bond donors (Lipinski definition) is 1. The molecular formula is C11H21NO2. The van der Waals surface area contributed by atoms with Crippen molar-refractivity contribution >= 4 is 0 Å². The molecule has 0 bridgehead atoms. The molecule has 2 rings (SSSR count). The minimum atomic E-state index is 0.346. The Kier molecular flexibility index (Phi) is 3.79. The Bertz CT molecular complexity index is 169. The molecule has 82 valence electrons. The molecule has 2 heterocycles. The molecule has 3 nitrogen and oxygen atoms in total. The van der Waals surface area contributed by atoms with Crippen LogP contribution in [0.2, 0.25) is 0 Å². The number of hydrogen-bond acceptors (Lipinski definition) is 3. The molecule has 0 aromatic rings. The molecule has 14 heavy (non-hydrogen) atoms. The molecule has 0 radical (unpaired) electrons. The maximum atomic E-state index is 8.85. The first kappa shape index (κ1) is 10.4. The van der Waals surface area contributed by atoms with Crippen LogP contribution in [0.3, 0.4) is 0 Å². The highest BCUT2D eigenvalue weighted by Crippen LogP contribution is 2.21. The maximum absolute atomic E-state index is 8.85. The molecule has 2 fully saturated rings. The predicted octanol–water partition coefficient (Wildman–Crippen LogP) is 0.870. The van der Waals surface area contributed by atoms with Gasteiger partial charge in [-0.25, -0.2) is 0 Å². The summed E-state index contributed by atoms with van der Waals surface area (Å²) in [6.45, 7) is 4.78. The van der Waals surface area contributed by atoms with E-state index < -0.39 is 0 Å². The third kappa shape index (κ3) is 2.69. The van der Waals surface area contributed by atoms with Gasteiger partial charge in [0.2, 0.25) is 0 Å². The third-order valence-electron chi connectivity index (χ3n) is 3.39. The van der Waals surface area contributed by atoms with Crippen molar-refractivity contribution < 1.29 is 9.84 Å². The van der Waals surface area contributed by atoms with Crippen LogP contribution < -0.4 is 0 Å². The topological polar surface area (TPSA) is 32.7 Å². The quantitative estimate of drug-likeness (QED) is 0.729. The summed E-state index contributed by atoms with van der Waals surface area (Å²) >= 11 is 0. The maximum Gasteiger partial charge on any atom is 0.0702 e. The van der Waals surface area contributed by atoms with Crippen LogP contribution in [0.25, 0.3) is 0 Å². The van der Waals surface area contributed by atoms with E-state index in [-0.39, 0.29) is 0 Å². The summed E-state index contributed by atoms with van der Waals surface area (Å²) in [5.41, 5.74) is 0. The van der Waals surface area contributed by atoms with Gasteiger partial charge in [-0.05, 0) is 38.1 Å². The fraction of sp³-hybridized carbons (Fsp3) is 1.00. The molecule has 0 amide bonds. The van der Waals surface area contributed by atoms with Gasteiger partial charge in [0, 0.05) is 26.3 Å². The van der Waals surface area contributed by atoms with E-state index in [1.165, 1.54) is 32.4 Å². The summed E-state index contributed by atoms with van der Waals surface area (Å²) in [7, 11) is 0. The molecule has 2 aliphatic rings. The number of rotatable bonds is 4. The van der Waals surface area contributed by atoms with E-state index in [0.717, 1.165) is 25.5 Å². The van der Waals surface area contributed by atoms with Crippen molar-refractivity contribution in [3.05, 3.63) is 0 Å². The molecule has 1 N–H and O–H groups in total. The molecule has 2 aliphatic heterocycles. The lowest BCUT2D eigenvalue weighted by molar-refractivity contribution is 0.0792. The fourth-order valence-electron chi connectivity index (χ4n) is 2.57. The number of aliphatic hydroxyl groups is 1. The summed E-state index contributed by atoms with van der Waals surface area (Å²) in [5, 5.41) is 8.85. The number of nitrogens with zero attached hydrogens (tertiary/aromatic N) is 1. The Balaban J connectivity index is 1.67. The van der Waals surface area contributed by atoms with Gasteiger partial charge in [-0.15, -0.1) is 0 Å². The Morgan fingerprint density at radius 2 is 2.29 bits per heavy atom. The van der Waals surface area contributed by atoms with Crippen LogP contribution in [0.5, 0.6) is 0 Å². The van der Waals surface area contributed by atoms with Gasteiger partial charge < -0.3 is 14.7 Å². The Hall–Kier alpha value is -0.120. The van der Waals surface area contributed by atoms with E-state index in [1.54, 1.807) is 0 Å². The van der Waals surface area contributed by atoms with Crippen molar-refractivity contribution in [1.82, 2.24) is 4.90 Å². The molecular weight excluding hydrogens is 178 g/mol. The first-order valence-electron chi connectivity index (χ1n) is 5.83. The Morgan fingerprint density at radius 3 is 3.00 bits per heavy atom. The number of aliphatic hydroxyl groups excluding tert-OH is 1. The molecule has 0 aromatic heterocycles. The van der Waals surface area contributed by atoms with Gasteiger partial charge >= 0.3 is 0 Å². The van der Waals surface area contributed by atoms with Crippen LogP contribution in [0, 0.1) is 5.92 Å². The molecule has 2 unspecified atom stereocenters. The lowest BCUT2D eigenvalue weighted by Gasteiger charge is -2.19. The second-order valence-corrected chi connectivity index (χ2v) is 4.56. The van der Waals surface area contributed by atoms with E-state index in [2.05, 4.69) is 4.90 Å². The van der Waals surface area contributed by atoms with E-state index in [4.69, 9.17) is 9.84 Å². The second-order valence-electron chi connectivity index (χ2n) is 4.56. The highest BCUT2D eigenvalue weighted by molar-refractivity contribution is 4.79. The van der Waals surface area contributed by atoms with Crippen LogP contribution in [0.15, 0.2) is 0 Å². The van der Waals surface area contributed by atoms with Crippen LogP contribution in [-0.2, 0) is 4.74 Å². The molecule has 0 saturated carbocycles. The Morgan fingerprint density at radius 1 is 1.36 bits per heavy atom. The summed E-state index contributed by atoms with van der Waals surface area (Å²) in [5.74, 6) is 0.724. The largest absolute Gasteiger partial charge is 0.396 e. The van der Waals surface area contributed by atoms with Gasteiger partial charge in [-0.2, -0.15) is 0 Å².